The summed E-state index contributed by atoms with van der Waals surface area (Å²) in [7, 11) is 0. The van der Waals surface area contributed by atoms with Gasteiger partial charge in [-0.05, 0) is 38.4 Å². The van der Waals surface area contributed by atoms with Crippen molar-refractivity contribution < 1.29 is 14.7 Å². The number of hydrogen-bond acceptors (Lipinski definition) is 3. The van der Waals surface area contributed by atoms with Crippen molar-refractivity contribution in [2.24, 2.45) is 5.41 Å². The maximum Gasteiger partial charge on any atom is 0.311 e. The maximum absolute atomic E-state index is 11.9. The minimum Gasteiger partial charge on any atom is -0.481 e. The fourth-order valence-corrected chi connectivity index (χ4v) is 3.24. The Bertz CT molecular complexity index is 319. The first-order chi connectivity index (χ1) is 7.49. The average Bonchev–Trinajstić information content (AvgIpc) is 2.92. The maximum atomic E-state index is 11.9. The molecule has 1 atom stereocenters. The van der Waals surface area contributed by atoms with Crippen molar-refractivity contribution in [2.75, 3.05) is 12.3 Å². The molecule has 2 aliphatic rings. The van der Waals surface area contributed by atoms with E-state index in [0.29, 0.717) is 12.8 Å². The van der Waals surface area contributed by atoms with Crippen molar-refractivity contribution in [3.8, 4) is 0 Å². The van der Waals surface area contributed by atoms with Gasteiger partial charge >= 0.3 is 5.97 Å². The number of carboxylic acids is 1. The quantitative estimate of drug-likeness (QED) is 0.780. The standard InChI is InChI=1S/C11H17NO3S/c1-10(3-2-6-16-10)8(13)12-7-11(4-5-11)9(14)15/h2-7H2,1H3,(H,12,13)(H,14,15). The Morgan fingerprint density at radius 1 is 1.38 bits per heavy atom. The van der Waals surface area contributed by atoms with E-state index < -0.39 is 11.4 Å². The van der Waals surface area contributed by atoms with E-state index >= 15 is 0 Å². The molecule has 0 radical (unpaired) electrons. The molecule has 0 aromatic heterocycles. The van der Waals surface area contributed by atoms with Crippen molar-refractivity contribution >= 4 is 23.6 Å². The molecule has 16 heavy (non-hydrogen) atoms. The van der Waals surface area contributed by atoms with Crippen LogP contribution >= 0.6 is 11.8 Å². The monoisotopic (exact) mass is 243 g/mol. The van der Waals surface area contributed by atoms with Crippen LogP contribution in [0.25, 0.3) is 0 Å². The topological polar surface area (TPSA) is 66.4 Å². The number of rotatable bonds is 4. The summed E-state index contributed by atoms with van der Waals surface area (Å²) in [5.74, 6) is 0.244. The highest BCUT2D eigenvalue weighted by atomic mass is 32.2. The second-order valence-electron chi connectivity index (χ2n) is 4.95. The zero-order valence-electron chi connectivity index (χ0n) is 9.41. The molecule has 0 aromatic carbocycles. The molecule has 1 heterocycles. The molecule has 4 nitrogen and oxygen atoms in total. The fraction of sp³-hybridized carbons (Fsp3) is 0.818. The second kappa shape index (κ2) is 3.95. The van der Waals surface area contributed by atoms with Crippen molar-refractivity contribution in [3.63, 3.8) is 0 Å². The number of amides is 1. The van der Waals surface area contributed by atoms with Crippen LogP contribution in [-0.4, -0.2) is 34.0 Å². The zero-order chi connectivity index (χ0) is 11.8. The first kappa shape index (κ1) is 11.8. The van der Waals surface area contributed by atoms with Gasteiger partial charge in [-0.1, -0.05) is 0 Å². The van der Waals surface area contributed by atoms with Gasteiger partial charge in [0, 0.05) is 6.54 Å². The van der Waals surface area contributed by atoms with Crippen LogP contribution in [0.2, 0.25) is 0 Å². The first-order valence-corrected chi connectivity index (χ1v) is 6.63. The molecule has 0 aromatic rings. The number of carbonyl (C=O) groups excluding carboxylic acids is 1. The molecule has 90 valence electrons. The molecule has 1 aliphatic heterocycles. The Hall–Kier alpha value is -0.710. The van der Waals surface area contributed by atoms with E-state index in [-0.39, 0.29) is 17.2 Å². The van der Waals surface area contributed by atoms with Gasteiger partial charge in [0.15, 0.2) is 0 Å². The third kappa shape index (κ3) is 2.05. The molecule has 2 rings (SSSR count). The van der Waals surface area contributed by atoms with E-state index in [9.17, 15) is 9.59 Å². The third-order valence-electron chi connectivity index (χ3n) is 3.59. The minimum absolute atomic E-state index is 0.00234. The van der Waals surface area contributed by atoms with Gasteiger partial charge in [0.1, 0.15) is 0 Å². The number of nitrogens with one attached hydrogen (secondary N) is 1. The van der Waals surface area contributed by atoms with E-state index in [1.807, 2.05) is 6.92 Å². The van der Waals surface area contributed by atoms with E-state index in [1.54, 1.807) is 11.8 Å². The lowest BCUT2D eigenvalue weighted by Crippen LogP contribution is -2.44. The SMILES string of the molecule is CC1(C(=O)NCC2(C(=O)O)CC2)CCCS1. The molecule has 0 bridgehead atoms. The molecule has 2 fully saturated rings. The Morgan fingerprint density at radius 2 is 2.06 bits per heavy atom. The predicted molar refractivity (Wildman–Crippen MR) is 62.4 cm³/mol. The number of carbonyl (C=O) groups is 2. The number of thioether (sulfide) groups is 1. The molecule has 2 N–H and O–H groups in total. The van der Waals surface area contributed by atoms with Crippen LogP contribution in [0.3, 0.4) is 0 Å². The van der Waals surface area contributed by atoms with Gasteiger partial charge in [-0.2, -0.15) is 0 Å². The number of carboxylic acid groups (broad SMARTS) is 1. The van der Waals surface area contributed by atoms with Gasteiger partial charge < -0.3 is 10.4 Å². The van der Waals surface area contributed by atoms with Crippen LogP contribution in [-0.2, 0) is 9.59 Å². The molecule has 0 spiro atoms. The predicted octanol–water partition coefficient (Wildman–Crippen LogP) is 1.25. The van der Waals surface area contributed by atoms with Crippen molar-refractivity contribution in [1.82, 2.24) is 5.32 Å². The highest BCUT2D eigenvalue weighted by molar-refractivity contribution is 8.01. The van der Waals surface area contributed by atoms with Crippen molar-refractivity contribution in [2.45, 2.75) is 37.4 Å². The van der Waals surface area contributed by atoms with Crippen LogP contribution in [0.15, 0.2) is 0 Å². The van der Waals surface area contributed by atoms with Gasteiger partial charge in [0.25, 0.3) is 0 Å². The van der Waals surface area contributed by atoms with Crippen LogP contribution in [0.4, 0.5) is 0 Å². The summed E-state index contributed by atoms with van der Waals surface area (Å²) in [6.07, 6.45) is 3.33. The molecule has 1 unspecified atom stereocenters. The van der Waals surface area contributed by atoms with Gasteiger partial charge in [-0.25, -0.2) is 0 Å². The Balaban J connectivity index is 1.86. The molecular formula is C11H17NO3S. The van der Waals surface area contributed by atoms with E-state index in [0.717, 1.165) is 18.6 Å². The lowest BCUT2D eigenvalue weighted by Gasteiger charge is -2.22. The van der Waals surface area contributed by atoms with E-state index in [2.05, 4.69) is 5.32 Å². The van der Waals surface area contributed by atoms with Gasteiger partial charge in [0.05, 0.1) is 10.2 Å². The van der Waals surface area contributed by atoms with Crippen LogP contribution in [0.1, 0.15) is 32.6 Å². The summed E-state index contributed by atoms with van der Waals surface area (Å²) in [6, 6.07) is 0. The van der Waals surface area contributed by atoms with E-state index in [4.69, 9.17) is 5.11 Å². The molecule has 1 amide bonds. The highest BCUT2D eigenvalue weighted by Gasteiger charge is 2.51. The fourth-order valence-electron chi connectivity index (χ4n) is 2.01. The molecular weight excluding hydrogens is 226 g/mol. The molecule has 1 saturated carbocycles. The normalized spacial score (nSPS) is 31.1. The lowest BCUT2D eigenvalue weighted by atomic mass is 10.0. The summed E-state index contributed by atoms with van der Waals surface area (Å²) in [4.78, 5) is 22.9. The van der Waals surface area contributed by atoms with Crippen molar-refractivity contribution in [1.29, 1.82) is 0 Å². The average molecular weight is 243 g/mol. The number of aliphatic carboxylic acids is 1. The minimum atomic E-state index is -0.781. The summed E-state index contributed by atoms with van der Waals surface area (Å²) in [6.45, 7) is 2.23. The molecule has 5 heteroatoms. The van der Waals surface area contributed by atoms with Gasteiger partial charge in [0.2, 0.25) is 5.91 Å². The Morgan fingerprint density at radius 3 is 2.50 bits per heavy atom. The summed E-state index contributed by atoms with van der Waals surface area (Å²) in [5, 5.41) is 11.8. The van der Waals surface area contributed by atoms with E-state index in [1.165, 1.54) is 0 Å². The summed E-state index contributed by atoms with van der Waals surface area (Å²) < 4.78 is -0.339. The van der Waals surface area contributed by atoms with Gasteiger partial charge in [-0.3, -0.25) is 9.59 Å². The summed E-state index contributed by atoms with van der Waals surface area (Å²) in [5.41, 5.74) is -0.657. The first-order valence-electron chi connectivity index (χ1n) is 5.64. The smallest absolute Gasteiger partial charge is 0.311 e. The molecule has 1 saturated heterocycles. The Kier molecular flexibility index (Phi) is 2.90. The lowest BCUT2D eigenvalue weighted by molar-refractivity contribution is -0.143. The van der Waals surface area contributed by atoms with Crippen LogP contribution in [0.5, 0.6) is 0 Å². The Labute approximate surface area is 99.2 Å². The van der Waals surface area contributed by atoms with Crippen molar-refractivity contribution in [3.05, 3.63) is 0 Å². The highest BCUT2D eigenvalue weighted by Crippen LogP contribution is 2.45. The van der Waals surface area contributed by atoms with Crippen LogP contribution < -0.4 is 5.32 Å². The zero-order valence-corrected chi connectivity index (χ0v) is 10.2. The largest absolute Gasteiger partial charge is 0.481 e. The molecule has 1 aliphatic carbocycles. The van der Waals surface area contributed by atoms with Gasteiger partial charge in [-0.15, -0.1) is 11.8 Å². The third-order valence-corrected chi connectivity index (χ3v) is 5.11. The second-order valence-corrected chi connectivity index (χ2v) is 6.55. The number of hydrogen-bond donors (Lipinski definition) is 2. The van der Waals surface area contributed by atoms with Crippen LogP contribution in [0, 0.1) is 5.41 Å². The summed E-state index contributed by atoms with van der Waals surface area (Å²) >= 11 is 1.67.